The molecule has 1 aromatic heterocycles. The number of likely N-dealkylation sites (N-methyl/N-ethyl adjacent to an activating group) is 1. The monoisotopic (exact) mass is 363 g/mol. The topological polar surface area (TPSA) is 102 Å². The van der Waals surface area contributed by atoms with Gasteiger partial charge in [0.05, 0.1) is 20.1 Å². The molecule has 8 nitrogen and oxygen atoms in total. The SMILES string of the molecule is COC(=O)CC(C)(C)CC(=O)N1CC[C@@H](N(C)Cc2nccc(N)n2)C1. The summed E-state index contributed by atoms with van der Waals surface area (Å²) in [5, 5.41) is 0. The Morgan fingerprint density at radius 2 is 2.15 bits per heavy atom. The number of esters is 1. The Bertz CT molecular complexity index is 649. The molecule has 1 fully saturated rings. The molecule has 0 bridgehead atoms. The van der Waals surface area contributed by atoms with Gasteiger partial charge in [-0.25, -0.2) is 9.97 Å². The average molecular weight is 363 g/mol. The molecule has 26 heavy (non-hydrogen) atoms. The Kier molecular flexibility index (Phi) is 6.52. The number of nitrogens with zero attached hydrogens (tertiary/aromatic N) is 4. The minimum Gasteiger partial charge on any atom is -0.469 e. The minimum absolute atomic E-state index is 0.0787. The number of anilines is 1. The fraction of sp³-hybridized carbons (Fsp3) is 0.667. The van der Waals surface area contributed by atoms with Gasteiger partial charge in [-0.2, -0.15) is 0 Å². The first-order valence-corrected chi connectivity index (χ1v) is 8.82. The first-order chi connectivity index (χ1) is 12.2. The van der Waals surface area contributed by atoms with Gasteiger partial charge in [0.25, 0.3) is 0 Å². The Balaban J connectivity index is 1.86. The summed E-state index contributed by atoms with van der Waals surface area (Å²) in [5.41, 5.74) is 5.28. The molecule has 1 aromatic rings. The zero-order valence-corrected chi connectivity index (χ0v) is 16.1. The lowest BCUT2D eigenvalue weighted by Crippen LogP contribution is -2.38. The molecule has 1 saturated heterocycles. The molecular weight excluding hydrogens is 334 g/mol. The molecule has 2 rings (SSSR count). The van der Waals surface area contributed by atoms with E-state index >= 15 is 0 Å². The van der Waals surface area contributed by atoms with E-state index in [-0.39, 0.29) is 24.3 Å². The third-order valence-corrected chi connectivity index (χ3v) is 4.74. The second-order valence-electron chi connectivity index (χ2n) is 7.69. The zero-order valence-electron chi connectivity index (χ0n) is 16.1. The molecule has 2 heterocycles. The van der Waals surface area contributed by atoms with E-state index in [1.54, 1.807) is 12.3 Å². The molecule has 0 spiro atoms. The number of carbonyl (C=O) groups is 2. The Morgan fingerprint density at radius 3 is 2.81 bits per heavy atom. The van der Waals surface area contributed by atoms with Crippen molar-refractivity contribution in [1.29, 1.82) is 0 Å². The molecule has 8 heteroatoms. The quantitative estimate of drug-likeness (QED) is 0.723. The van der Waals surface area contributed by atoms with Gasteiger partial charge in [-0.05, 0) is 24.9 Å². The van der Waals surface area contributed by atoms with E-state index in [0.717, 1.165) is 13.0 Å². The standard InChI is InChI=1S/C18H29N5O3/c1-18(2,10-17(25)26-4)9-16(24)23-8-6-13(11-23)22(3)12-15-20-7-5-14(19)21-15/h5,7,13H,6,8-12H2,1-4H3,(H2,19,20,21)/t13-/m1/s1. The van der Waals surface area contributed by atoms with Crippen LogP contribution in [0.5, 0.6) is 0 Å². The van der Waals surface area contributed by atoms with E-state index in [2.05, 4.69) is 14.9 Å². The largest absolute Gasteiger partial charge is 0.469 e. The van der Waals surface area contributed by atoms with Crippen molar-refractivity contribution < 1.29 is 14.3 Å². The van der Waals surface area contributed by atoms with Crippen LogP contribution < -0.4 is 5.73 Å². The Labute approximate surface area is 154 Å². The predicted octanol–water partition coefficient (Wildman–Crippen LogP) is 1.07. The number of nitrogens with two attached hydrogens (primary N) is 1. The maximum atomic E-state index is 12.6. The lowest BCUT2D eigenvalue weighted by Gasteiger charge is -2.27. The van der Waals surface area contributed by atoms with Crippen LogP contribution in [0.15, 0.2) is 12.3 Å². The summed E-state index contributed by atoms with van der Waals surface area (Å²) in [6.07, 6.45) is 3.12. The fourth-order valence-electron chi connectivity index (χ4n) is 3.22. The van der Waals surface area contributed by atoms with Crippen LogP contribution in [0.3, 0.4) is 0 Å². The van der Waals surface area contributed by atoms with Crippen LogP contribution in [0.1, 0.15) is 38.9 Å². The van der Waals surface area contributed by atoms with Crippen LogP contribution in [0, 0.1) is 5.41 Å². The molecule has 0 saturated carbocycles. The predicted molar refractivity (Wildman–Crippen MR) is 97.9 cm³/mol. The summed E-state index contributed by atoms with van der Waals surface area (Å²) >= 11 is 0. The molecule has 0 aromatic carbocycles. The third kappa shape index (κ3) is 5.66. The molecule has 0 radical (unpaired) electrons. The number of hydrogen-bond donors (Lipinski definition) is 1. The summed E-state index contributed by atoms with van der Waals surface area (Å²) in [7, 11) is 3.37. The maximum Gasteiger partial charge on any atom is 0.306 e. The number of aromatic nitrogens is 2. The third-order valence-electron chi connectivity index (χ3n) is 4.74. The normalized spacial score (nSPS) is 17.6. The van der Waals surface area contributed by atoms with Crippen molar-refractivity contribution in [3.05, 3.63) is 18.1 Å². The van der Waals surface area contributed by atoms with Gasteiger partial charge in [0.1, 0.15) is 11.6 Å². The highest BCUT2D eigenvalue weighted by atomic mass is 16.5. The second kappa shape index (κ2) is 8.44. The molecular formula is C18H29N5O3. The number of likely N-dealkylation sites (tertiary alicyclic amines) is 1. The van der Waals surface area contributed by atoms with Crippen LogP contribution in [0.4, 0.5) is 5.82 Å². The van der Waals surface area contributed by atoms with E-state index in [1.165, 1.54) is 7.11 Å². The van der Waals surface area contributed by atoms with E-state index < -0.39 is 5.41 Å². The molecule has 1 aliphatic heterocycles. The first-order valence-electron chi connectivity index (χ1n) is 8.82. The molecule has 144 valence electrons. The summed E-state index contributed by atoms with van der Waals surface area (Å²) in [5.74, 6) is 0.926. The van der Waals surface area contributed by atoms with Crippen molar-refractivity contribution in [2.24, 2.45) is 5.41 Å². The van der Waals surface area contributed by atoms with Crippen LogP contribution in [0.25, 0.3) is 0 Å². The lowest BCUT2D eigenvalue weighted by atomic mass is 9.85. The molecule has 1 atom stereocenters. The first kappa shape index (κ1) is 20.1. The van der Waals surface area contributed by atoms with Crippen molar-refractivity contribution in [1.82, 2.24) is 19.8 Å². The van der Waals surface area contributed by atoms with Gasteiger partial charge in [0.2, 0.25) is 5.91 Å². The van der Waals surface area contributed by atoms with E-state index in [0.29, 0.717) is 31.2 Å². The lowest BCUT2D eigenvalue weighted by molar-refractivity contribution is -0.143. The summed E-state index contributed by atoms with van der Waals surface area (Å²) in [6.45, 7) is 5.81. The summed E-state index contributed by atoms with van der Waals surface area (Å²) in [6, 6.07) is 1.92. The molecule has 2 N–H and O–H groups in total. The van der Waals surface area contributed by atoms with E-state index in [4.69, 9.17) is 10.5 Å². The van der Waals surface area contributed by atoms with Crippen molar-refractivity contribution in [3.63, 3.8) is 0 Å². The van der Waals surface area contributed by atoms with E-state index in [9.17, 15) is 9.59 Å². The number of carbonyl (C=O) groups excluding carboxylic acids is 2. The van der Waals surface area contributed by atoms with Crippen molar-refractivity contribution >= 4 is 17.7 Å². The summed E-state index contributed by atoms with van der Waals surface area (Å²) in [4.78, 5) is 36.6. The summed E-state index contributed by atoms with van der Waals surface area (Å²) < 4.78 is 4.72. The number of nitrogen functional groups attached to an aromatic ring is 1. The smallest absolute Gasteiger partial charge is 0.306 e. The van der Waals surface area contributed by atoms with Crippen molar-refractivity contribution in [2.45, 2.75) is 45.7 Å². The highest BCUT2D eigenvalue weighted by Gasteiger charge is 2.33. The fourth-order valence-corrected chi connectivity index (χ4v) is 3.22. The van der Waals surface area contributed by atoms with Crippen molar-refractivity contribution in [3.8, 4) is 0 Å². The van der Waals surface area contributed by atoms with E-state index in [1.807, 2.05) is 25.8 Å². The highest BCUT2D eigenvalue weighted by molar-refractivity contribution is 5.78. The van der Waals surface area contributed by atoms with Gasteiger partial charge < -0.3 is 15.4 Å². The molecule has 1 amide bonds. The molecule has 1 aliphatic rings. The van der Waals surface area contributed by atoms with Crippen molar-refractivity contribution in [2.75, 3.05) is 33.0 Å². The average Bonchev–Trinajstić information content (AvgIpc) is 3.04. The number of hydrogen-bond acceptors (Lipinski definition) is 7. The number of amides is 1. The van der Waals surface area contributed by atoms with Crippen LogP contribution in [-0.4, -0.2) is 64.9 Å². The number of ether oxygens (including phenoxy) is 1. The number of rotatable bonds is 7. The van der Waals surface area contributed by atoms with Gasteiger partial charge >= 0.3 is 5.97 Å². The Hall–Kier alpha value is -2.22. The van der Waals surface area contributed by atoms with Gasteiger partial charge in [-0.15, -0.1) is 0 Å². The van der Waals surface area contributed by atoms with Crippen LogP contribution in [0.2, 0.25) is 0 Å². The second-order valence-corrected chi connectivity index (χ2v) is 7.69. The van der Waals surface area contributed by atoms with Gasteiger partial charge in [0, 0.05) is 31.7 Å². The van der Waals surface area contributed by atoms with Crippen LogP contribution >= 0.6 is 0 Å². The molecule has 0 unspecified atom stereocenters. The minimum atomic E-state index is -0.413. The Morgan fingerprint density at radius 1 is 1.42 bits per heavy atom. The number of methoxy groups -OCH3 is 1. The maximum absolute atomic E-state index is 12.6. The van der Waals surface area contributed by atoms with Gasteiger partial charge in [-0.1, -0.05) is 13.8 Å². The highest BCUT2D eigenvalue weighted by Crippen LogP contribution is 2.28. The molecule has 0 aliphatic carbocycles. The van der Waals surface area contributed by atoms with Gasteiger partial charge in [0.15, 0.2) is 0 Å². The van der Waals surface area contributed by atoms with Gasteiger partial charge in [-0.3, -0.25) is 14.5 Å². The zero-order chi connectivity index (χ0) is 19.3. The van der Waals surface area contributed by atoms with Crippen LogP contribution in [-0.2, 0) is 20.9 Å².